The first-order chi connectivity index (χ1) is 9.81. The van der Waals surface area contributed by atoms with Crippen molar-refractivity contribution in [2.45, 2.75) is 25.8 Å². The van der Waals surface area contributed by atoms with E-state index in [2.05, 4.69) is 0 Å². The Morgan fingerprint density at radius 1 is 1.33 bits per heavy atom. The molecule has 2 unspecified atom stereocenters. The molecule has 1 aromatic rings. The van der Waals surface area contributed by atoms with Crippen LogP contribution in [-0.2, 0) is 20.8 Å². The van der Waals surface area contributed by atoms with Crippen molar-refractivity contribution in [3.63, 3.8) is 0 Å². The highest BCUT2D eigenvalue weighted by Gasteiger charge is 2.42. The predicted molar refractivity (Wildman–Crippen MR) is 70.5 cm³/mol. The number of carbonyl (C=O) groups is 3. The van der Waals surface area contributed by atoms with Gasteiger partial charge in [0.1, 0.15) is 6.04 Å². The maximum absolute atomic E-state index is 11.9. The third kappa shape index (κ3) is 2.81. The molecule has 21 heavy (non-hydrogen) atoms. The largest absolute Gasteiger partial charge is 0.504 e. The van der Waals surface area contributed by atoms with E-state index in [0.717, 1.165) is 4.90 Å². The molecule has 0 radical (unpaired) electrons. The summed E-state index contributed by atoms with van der Waals surface area (Å²) >= 11 is 0. The van der Waals surface area contributed by atoms with Gasteiger partial charge in [0.15, 0.2) is 11.5 Å². The number of benzene rings is 1. The Balaban J connectivity index is 2.28. The molecule has 1 aliphatic rings. The Labute approximate surface area is 120 Å². The molecule has 0 aliphatic carbocycles. The molecular formula is C14H15NO6. The molecule has 0 saturated carbocycles. The number of carboxylic acid groups (broad SMARTS) is 1. The fourth-order valence-corrected chi connectivity index (χ4v) is 2.34. The van der Waals surface area contributed by atoms with Gasteiger partial charge in [0.25, 0.3) is 0 Å². The number of hydrogen-bond acceptors (Lipinski definition) is 5. The predicted octanol–water partition coefficient (Wildman–Crippen LogP) is 0.488. The molecule has 112 valence electrons. The van der Waals surface area contributed by atoms with Gasteiger partial charge in [-0.05, 0) is 17.7 Å². The summed E-state index contributed by atoms with van der Waals surface area (Å²) in [5.74, 6) is -3.54. The van der Waals surface area contributed by atoms with Crippen LogP contribution in [0, 0.1) is 5.92 Å². The van der Waals surface area contributed by atoms with E-state index in [1.165, 1.54) is 18.2 Å². The van der Waals surface area contributed by atoms with Crippen molar-refractivity contribution in [3.8, 4) is 11.5 Å². The van der Waals surface area contributed by atoms with Gasteiger partial charge in [-0.25, -0.2) is 4.79 Å². The molecule has 1 aromatic carbocycles. The Kier molecular flexibility index (Phi) is 3.84. The second-order valence-electron chi connectivity index (χ2n) is 5.09. The van der Waals surface area contributed by atoms with Gasteiger partial charge in [0.05, 0.1) is 0 Å². The number of likely N-dealkylation sites (tertiary alicyclic amines) is 1. The molecule has 7 heteroatoms. The zero-order valence-electron chi connectivity index (χ0n) is 11.3. The third-order valence-electron chi connectivity index (χ3n) is 3.47. The second-order valence-corrected chi connectivity index (χ2v) is 5.09. The molecular weight excluding hydrogens is 278 g/mol. The first kappa shape index (κ1) is 14.8. The minimum atomic E-state index is -1.32. The average molecular weight is 293 g/mol. The molecule has 1 fully saturated rings. The van der Waals surface area contributed by atoms with E-state index in [9.17, 15) is 29.7 Å². The summed E-state index contributed by atoms with van der Waals surface area (Å²) in [5, 5.41) is 27.9. The van der Waals surface area contributed by atoms with Crippen LogP contribution in [0.15, 0.2) is 18.2 Å². The van der Waals surface area contributed by atoms with Crippen molar-refractivity contribution in [2.75, 3.05) is 0 Å². The van der Waals surface area contributed by atoms with Crippen molar-refractivity contribution in [3.05, 3.63) is 23.8 Å². The monoisotopic (exact) mass is 293 g/mol. The van der Waals surface area contributed by atoms with Crippen molar-refractivity contribution < 1.29 is 29.7 Å². The van der Waals surface area contributed by atoms with Gasteiger partial charge in [0, 0.05) is 18.8 Å². The summed E-state index contributed by atoms with van der Waals surface area (Å²) in [6.07, 6.45) is -0.128. The van der Waals surface area contributed by atoms with Crippen LogP contribution in [-0.4, -0.2) is 44.0 Å². The molecule has 1 heterocycles. The number of aliphatic carboxylic acids is 1. The Bertz CT molecular complexity index is 611. The maximum Gasteiger partial charge on any atom is 0.327 e. The van der Waals surface area contributed by atoms with Crippen LogP contribution < -0.4 is 0 Å². The lowest BCUT2D eigenvalue weighted by molar-refractivity contribution is -0.154. The van der Waals surface area contributed by atoms with E-state index in [0.29, 0.717) is 5.56 Å². The van der Waals surface area contributed by atoms with Crippen LogP contribution in [0.4, 0.5) is 0 Å². The molecule has 2 amide bonds. The number of carboxylic acids is 1. The number of rotatable bonds is 4. The summed E-state index contributed by atoms with van der Waals surface area (Å²) in [4.78, 5) is 35.9. The highest BCUT2D eigenvalue weighted by atomic mass is 16.4. The normalized spacial score (nSPS) is 19.9. The molecule has 0 aromatic heterocycles. The van der Waals surface area contributed by atoms with E-state index in [4.69, 9.17) is 0 Å². The number of nitrogens with zero attached hydrogens (tertiary/aromatic N) is 1. The fourth-order valence-electron chi connectivity index (χ4n) is 2.34. The van der Waals surface area contributed by atoms with Crippen molar-refractivity contribution in [1.82, 2.24) is 4.90 Å². The number of amides is 2. The molecule has 2 rings (SSSR count). The fraction of sp³-hybridized carbons (Fsp3) is 0.357. The van der Waals surface area contributed by atoms with E-state index in [1.807, 2.05) is 0 Å². The summed E-state index contributed by atoms with van der Waals surface area (Å²) < 4.78 is 0. The van der Waals surface area contributed by atoms with Gasteiger partial charge < -0.3 is 15.3 Å². The lowest BCUT2D eigenvalue weighted by Gasteiger charge is -2.23. The average Bonchev–Trinajstić information content (AvgIpc) is 2.65. The highest BCUT2D eigenvalue weighted by molar-refractivity contribution is 6.06. The number of phenols is 2. The van der Waals surface area contributed by atoms with E-state index in [1.54, 1.807) is 6.92 Å². The molecule has 7 nitrogen and oxygen atoms in total. The van der Waals surface area contributed by atoms with Gasteiger partial charge in [-0.2, -0.15) is 0 Å². The standard InChI is InChI=1S/C14H15NO6/c1-7-4-12(18)15(13(7)19)9(14(20)21)5-8-2-3-10(16)11(17)6-8/h2-3,6-7,9,16-17H,4-5H2,1H3,(H,20,21). The molecule has 2 atom stereocenters. The minimum Gasteiger partial charge on any atom is -0.504 e. The van der Waals surface area contributed by atoms with Crippen LogP contribution in [0.2, 0.25) is 0 Å². The Morgan fingerprint density at radius 3 is 2.48 bits per heavy atom. The van der Waals surface area contributed by atoms with Crippen molar-refractivity contribution in [2.24, 2.45) is 5.92 Å². The second kappa shape index (κ2) is 5.43. The van der Waals surface area contributed by atoms with Crippen LogP contribution >= 0.6 is 0 Å². The number of aromatic hydroxyl groups is 2. The van der Waals surface area contributed by atoms with Crippen molar-refractivity contribution >= 4 is 17.8 Å². The summed E-state index contributed by atoms with van der Waals surface area (Å²) in [6.45, 7) is 1.57. The number of imide groups is 1. The lowest BCUT2D eigenvalue weighted by atomic mass is 10.0. The van der Waals surface area contributed by atoms with Crippen LogP contribution in [0.1, 0.15) is 18.9 Å². The summed E-state index contributed by atoms with van der Waals surface area (Å²) in [7, 11) is 0. The quantitative estimate of drug-likeness (QED) is 0.549. The Morgan fingerprint density at radius 2 is 2.00 bits per heavy atom. The summed E-state index contributed by atoms with van der Waals surface area (Å²) in [5.41, 5.74) is 0.401. The van der Waals surface area contributed by atoms with Gasteiger partial charge in [0.2, 0.25) is 11.8 Å². The van der Waals surface area contributed by atoms with Gasteiger partial charge in [-0.1, -0.05) is 13.0 Å². The van der Waals surface area contributed by atoms with Crippen LogP contribution in [0.5, 0.6) is 11.5 Å². The topological polar surface area (TPSA) is 115 Å². The molecule has 0 bridgehead atoms. The Hall–Kier alpha value is -2.57. The zero-order chi connectivity index (χ0) is 15.7. The maximum atomic E-state index is 11.9. The molecule has 1 saturated heterocycles. The first-order valence-corrected chi connectivity index (χ1v) is 6.40. The van der Waals surface area contributed by atoms with Gasteiger partial charge in [-0.15, -0.1) is 0 Å². The smallest absolute Gasteiger partial charge is 0.327 e. The molecule has 3 N–H and O–H groups in total. The van der Waals surface area contributed by atoms with Gasteiger partial charge >= 0.3 is 5.97 Å². The van der Waals surface area contributed by atoms with E-state index < -0.39 is 29.7 Å². The highest BCUT2D eigenvalue weighted by Crippen LogP contribution is 2.28. The lowest BCUT2D eigenvalue weighted by Crippen LogP contribution is -2.46. The van der Waals surface area contributed by atoms with Crippen molar-refractivity contribution in [1.29, 1.82) is 0 Å². The van der Waals surface area contributed by atoms with Crippen LogP contribution in [0.25, 0.3) is 0 Å². The third-order valence-corrected chi connectivity index (χ3v) is 3.47. The number of hydrogen-bond donors (Lipinski definition) is 3. The molecule has 1 aliphatic heterocycles. The minimum absolute atomic E-state index is 0.00341. The first-order valence-electron chi connectivity index (χ1n) is 6.40. The number of carbonyl (C=O) groups excluding carboxylic acids is 2. The van der Waals surface area contributed by atoms with Gasteiger partial charge in [-0.3, -0.25) is 14.5 Å². The zero-order valence-corrected chi connectivity index (χ0v) is 11.3. The van der Waals surface area contributed by atoms with Crippen LogP contribution in [0.3, 0.4) is 0 Å². The van der Waals surface area contributed by atoms with E-state index in [-0.39, 0.29) is 24.3 Å². The van der Waals surface area contributed by atoms with E-state index >= 15 is 0 Å². The molecule has 0 spiro atoms. The SMILES string of the molecule is CC1CC(=O)N(C(Cc2ccc(O)c(O)c2)C(=O)O)C1=O. The summed E-state index contributed by atoms with van der Waals surface area (Å²) in [6, 6.07) is 2.54. The number of phenolic OH excluding ortho intramolecular Hbond substituents is 2.